The lowest BCUT2D eigenvalue weighted by atomic mass is 10.2. The van der Waals surface area contributed by atoms with Crippen molar-refractivity contribution in [3.63, 3.8) is 0 Å². The standard InChI is InChI=1S/C11H11N3/c1-9-3-5-10(6-4-9)14-11-12-7-2-8-13-11/h2-8H,1H3,(H,12,13,14). The predicted octanol–water partition coefficient (Wildman–Crippen LogP) is 2.53. The van der Waals surface area contributed by atoms with Crippen LogP contribution in [0.15, 0.2) is 42.7 Å². The van der Waals surface area contributed by atoms with Gasteiger partial charge in [-0.05, 0) is 25.1 Å². The van der Waals surface area contributed by atoms with Gasteiger partial charge in [0, 0.05) is 18.1 Å². The van der Waals surface area contributed by atoms with Gasteiger partial charge in [-0.2, -0.15) is 0 Å². The van der Waals surface area contributed by atoms with Gasteiger partial charge in [0.1, 0.15) is 0 Å². The Morgan fingerprint density at radius 1 is 1.00 bits per heavy atom. The van der Waals surface area contributed by atoms with Gasteiger partial charge >= 0.3 is 0 Å². The summed E-state index contributed by atoms with van der Waals surface area (Å²) in [5.74, 6) is 0.622. The van der Waals surface area contributed by atoms with E-state index < -0.39 is 0 Å². The summed E-state index contributed by atoms with van der Waals surface area (Å²) >= 11 is 0. The molecular formula is C11H11N3. The number of aryl methyl sites for hydroxylation is 1. The molecule has 1 aromatic heterocycles. The molecule has 1 heterocycles. The summed E-state index contributed by atoms with van der Waals surface area (Å²) in [5, 5.41) is 3.11. The van der Waals surface area contributed by atoms with Gasteiger partial charge in [0.2, 0.25) is 5.95 Å². The lowest BCUT2D eigenvalue weighted by Crippen LogP contribution is -1.95. The molecule has 0 unspecified atom stereocenters. The molecule has 0 atom stereocenters. The molecule has 3 heteroatoms. The Hall–Kier alpha value is -1.90. The third-order valence-electron chi connectivity index (χ3n) is 1.87. The second-order valence-electron chi connectivity index (χ2n) is 3.06. The first kappa shape index (κ1) is 8.69. The van der Waals surface area contributed by atoms with Crippen molar-refractivity contribution in [2.24, 2.45) is 0 Å². The number of hydrogen-bond acceptors (Lipinski definition) is 3. The van der Waals surface area contributed by atoms with Gasteiger partial charge in [-0.15, -0.1) is 0 Å². The third-order valence-corrected chi connectivity index (χ3v) is 1.87. The molecule has 0 spiro atoms. The Morgan fingerprint density at radius 3 is 2.29 bits per heavy atom. The molecule has 2 rings (SSSR count). The number of benzene rings is 1. The fourth-order valence-electron chi connectivity index (χ4n) is 1.13. The molecule has 0 aliphatic rings. The fourth-order valence-corrected chi connectivity index (χ4v) is 1.13. The van der Waals surface area contributed by atoms with Crippen molar-refractivity contribution >= 4 is 11.6 Å². The maximum Gasteiger partial charge on any atom is 0.227 e. The number of nitrogens with zero attached hydrogens (tertiary/aromatic N) is 2. The Labute approximate surface area is 82.8 Å². The molecule has 14 heavy (non-hydrogen) atoms. The van der Waals surface area contributed by atoms with Crippen molar-refractivity contribution in [3.05, 3.63) is 48.3 Å². The molecule has 0 aliphatic carbocycles. The molecule has 0 radical (unpaired) electrons. The molecule has 1 N–H and O–H groups in total. The Morgan fingerprint density at radius 2 is 1.64 bits per heavy atom. The smallest absolute Gasteiger partial charge is 0.227 e. The molecule has 0 saturated carbocycles. The average molecular weight is 185 g/mol. The first-order chi connectivity index (χ1) is 6.84. The number of nitrogens with one attached hydrogen (secondary N) is 1. The molecular weight excluding hydrogens is 174 g/mol. The predicted molar refractivity (Wildman–Crippen MR) is 56.5 cm³/mol. The number of hydrogen-bond donors (Lipinski definition) is 1. The third kappa shape index (κ3) is 2.07. The quantitative estimate of drug-likeness (QED) is 0.781. The highest BCUT2D eigenvalue weighted by atomic mass is 15.1. The summed E-state index contributed by atoms with van der Waals surface area (Å²) in [6, 6.07) is 9.90. The zero-order chi connectivity index (χ0) is 9.80. The first-order valence-corrected chi connectivity index (χ1v) is 4.45. The summed E-state index contributed by atoms with van der Waals surface area (Å²) in [4.78, 5) is 8.15. The maximum absolute atomic E-state index is 4.07. The number of rotatable bonds is 2. The van der Waals surface area contributed by atoms with Crippen LogP contribution >= 0.6 is 0 Å². The van der Waals surface area contributed by atoms with Crippen molar-refractivity contribution in [1.29, 1.82) is 0 Å². The number of aromatic nitrogens is 2. The summed E-state index contributed by atoms with van der Waals surface area (Å²) in [7, 11) is 0. The van der Waals surface area contributed by atoms with Gasteiger partial charge in [-0.25, -0.2) is 9.97 Å². The maximum atomic E-state index is 4.07. The van der Waals surface area contributed by atoms with Crippen LogP contribution in [-0.4, -0.2) is 9.97 Å². The van der Waals surface area contributed by atoms with E-state index in [1.54, 1.807) is 18.5 Å². The second kappa shape index (κ2) is 3.87. The van der Waals surface area contributed by atoms with Gasteiger partial charge in [0.25, 0.3) is 0 Å². The zero-order valence-corrected chi connectivity index (χ0v) is 7.94. The van der Waals surface area contributed by atoms with Gasteiger partial charge < -0.3 is 5.32 Å². The van der Waals surface area contributed by atoms with Crippen LogP contribution in [-0.2, 0) is 0 Å². The topological polar surface area (TPSA) is 37.8 Å². The monoisotopic (exact) mass is 185 g/mol. The van der Waals surface area contributed by atoms with Gasteiger partial charge in [-0.1, -0.05) is 17.7 Å². The van der Waals surface area contributed by atoms with Crippen molar-refractivity contribution in [2.75, 3.05) is 5.32 Å². The summed E-state index contributed by atoms with van der Waals surface area (Å²) < 4.78 is 0. The minimum Gasteiger partial charge on any atom is -0.324 e. The first-order valence-electron chi connectivity index (χ1n) is 4.45. The Kier molecular flexibility index (Phi) is 2.40. The highest BCUT2D eigenvalue weighted by Crippen LogP contribution is 2.12. The van der Waals surface area contributed by atoms with E-state index in [1.165, 1.54) is 5.56 Å². The molecule has 0 fully saturated rings. The molecule has 0 saturated heterocycles. The summed E-state index contributed by atoms with van der Waals surface area (Å²) in [5.41, 5.74) is 2.24. The van der Waals surface area contributed by atoms with Crippen LogP contribution in [0.2, 0.25) is 0 Å². The number of anilines is 2. The normalized spacial score (nSPS) is 9.79. The van der Waals surface area contributed by atoms with Crippen molar-refractivity contribution < 1.29 is 0 Å². The van der Waals surface area contributed by atoms with E-state index in [-0.39, 0.29) is 0 Å². The highest BCUT2D eigenvalue weighted by Gasteiger charge is 1.94. The van der Waals surface area contributed by atoms with E-state index in [2.05, 4.69) is 22.2 Å². The van der Waals surface area contributed by atoms with Crippen molar-refractivity contribution in [2.45, 2.75) is 6.92 Å². The summed E-state index contributed by atoms with van der Waals surface area (Å²) in [6.45, 7) is 2.06. The van der Waals surface area contributed by atoms with Crippen molar-refractivity contribution in [3.8, 4) is 0 Å². The molecule has 0 aliphatic heterocycles. The minimum absolute atomic E-state index is 0.622. The van der Waals surface area contributed by atoms with E-state index in [0.29, 0.717) is 5.95 Å². The van der Waals surface area contributed by atoms with E-state index in [1.807, 2.05) is 24.3 Å². The van der Waals surface area contributed by atoms with Gasteiger partial charge in [-0.3, -0.25) is 0 Å². The molecule has 70 valence electrons. The molecule has 0 bridgehead atoms. The lowest BCUT2D eigenvalue weighted by molar-refractivity contribution is 1.17. The average Bonchev–Trinajstić information content (AvgIpc) is 2.23. The van der Waals surface area contributed by atoms with Crippen LogP contribution in [0.4, 0.5) is 11.6 Å². The molecule has 0 amide bonds. The Balaban J connectivity index is 2.16. The second-order valence-corrected chi connectivity index (χ2v) is 3.06. The lowest BCUT2D eigenvalue weighted by Gasteiger charge is -2.03. The van der Waals surface area contributed by atoms with E-state index in [0.717, 1.165) is 5.69 Å². The minimum atomic E-state index is 0.622. The summed E-state index contributed by atoms with van der Waals surface area (Å²) in [6.07, 6.45) is 3.42. The SMILES string of the molecule is Cc1ccc(Nc2ncccn2)cc1. The Bertz CT molecular complexity index is 395. The van der Waals surface area contributed by atoms with E-state index >= 15 is 0 Å². The molecule has 2 aromatic rings. The van der Waals surface area contributed by atoms with Crippen LogP contribution in [0.3, 0.4) is 0 Å². The van der Waals surface area contributed by atoms with E-state index in [4.69, 9.17) is 0 Å². The van der Waals surface area contributed by atoms with Crippen LogP contribution in [0.5, 0.6) is 0 Å². The van der Waals surface area contributed by atoms with Crippen LogP contribution < -0.4 is 5.32 Å². The van der Waals surface area contributed by atoms with Gasteiger partial charge in [0.05, 0.1) is 0 Å². The fraction of sp³-hybridized carbons (Fsp3) is 0.0909. The molecule has 3 nitrogen and oxygen atoms in total. The van der Waals surface area contributed by atoms with Crippen LogP contribution in [0.25, 0.3) is 0 Å². The molecule has 1 aromatic carbocycles. The van der Waals surface area contributed by atoms with E-state index in [9.17, 15) is 0 Å². The van der Waals surface area contributed by atoms with Crippen molar-refractivity contribution in [1.82, 2.24) is 9.97 Å². The zero-order valence-electron chi connectivity index (χ0n) is 7.94. The van der Waals surface area contributed by atoms with Crippen LogP contribution in [0, 0.1) is 6.92 Å². The van der Waals surface area contributed by atoms with Gasteiger partial charge in [0.15, 0.2) is 0 Å². The highest BCUT2D eigenvalue weighted by molar-refractivity contribution is 5.53. The van der Waals surface area contributed by atoms with Crippen LogP contribution in [0.1, 0.15) is 5.56 Å². The largest absolute Gasteiger partial charge is 0.324 e.